The third kappa shape index (κ3) is 3.40. The van der Waals surface area contributed by atoms with Gasteiger partial charge in [-0.2, -0.15) is 10.1 Å². The molecule has 0 spiro atoms. The lowest BCUT2D eigenvalue weighted by Gasteiger charge is -2.17. The Balaban J connectivity index is 1.92. The molecular formula is C20H15Cl2N5O3. The second-order valence-corrected chi connectivity index (χ2v) is 6.89. The molecule has 0 aliphatic heterocycles. The number of ether oxygens (including phenoxy) is 2. The van der Waals surface area contributed by atoms with Crippen LogP contribution in [0.1, 0.15) is 10.4 Å². The Bertz CT molecular complexity index is 1220. The van der Waals surface area contributed by atoms with E-state index in [1.807, 2.05) is 6.07 Å². The summed E-state index contributed by atoms with van der Waals surface area (Å²) >= 11 is 13.2. The highest BCUT2D eigenvalue weighted by Crippen LogP contribution is 2.47. The molecule has 0 aliphatic rings. The van der Waals surface area contributed by atoms with Gasteiger partial charge in [0.15, 0.2) is 0 Å². The van der Waals surface area contributed by atoms with Crippen molar-refractivity contribution in [3.8, 4) is 22.6 Å². The number of nitrogens with zero attached hydrogens (tertiary/aromatic N) is 3. The number of hydrogen-bond donors (Lipinski definition) is 2. The van der Waals surface area contributed by atoms with Crippen LogP contribution in [0.2, 0.25) is 10.0 Å². The first-order valence-electron chi connectivity index (χ1n) is 8.70. The van der Waals surface area contributed by atoms with Gasteiger partial charge < -0.3 is 9.47 Å². The Morgan fingerprint density at radius 2 is 1.80 bits per heavy atom. The molecule has 0 aliphatic carbocycles. The summed E-state index contributed by atoms with van der Waals surface area (Å²) in [5.74, 6) is 0.674. The van der Waals surface area contributed by atoms with Crippen LogP contribution in [0.3, 0.4) is 0 Å². The fourth-order valence-corrected chi connectivity index (χ4v) is 3.84. The number of methoxy groups -OCH3 is 2. The van der Waals surface area contributed by atoms with Crippen LogP contribution in [0.15, 0.2) is 42.9 Å². The Hall–Kier alpha value is -3.36. The summed E-state index contributed by atoms with van der Waals surface area (Å²) in [4.78, 5) is 21.1. The predicted octanol–water partition coefficient (Wildman–Crippen LogP) is 4.60. The molecule has 4 aromatic rings. The number of aromatic amines is 1. The quantitative estimate of drug-likeness (QED) is 0.467. The maximum atomic E-state index is 12.8. The standard InChI is InChI=1S/C20H15Cl2N5O3/c1-29-13-8-14(30-2)17(22)15(16(13)21)10-5-6-12(18-11(10)4-3-7-23-18)19(28)26-20-24-9-25-27-20/h3-9H,1-2H3,(H2,24,25,26,27,28). The molecule has 8 nitrogen and oxygen atoms in total. The highest BCUT2D eigenvalue weighted by molar-refractivity contribution is 6.41. The minimum Gasteiger partial charge on any atom is -0.495 e. The molecule has 1 amide bonds. The van der Waals surface area contributed by atoms with Crippen molar-refractivity contribution in [2.45, 2.75) is 0 Å². The number of halogens is 2. The molecule has 2 aromatic heterocycles. The van der Waals surface area contributed by atoms with Crippen LogP contribution in [0, 0.1) is 0 Å². The van der Waals surface area contributed by atoms with Crippen LogP contribution in [-0.4, -0.2) is 40.3 Å². The van der Waals surface area contributed by atoms with Crippen molar-refractivity contribution in [1.29, 1.82) is 0 Å². The van der Waals surface area contributed by atoms with Crippen LogP contribution in [0.4, 0.5) is 5.95 Å². The number of amides is 1. The van der Waals surface area contributed by atoms with E-state index < -0.39 is 0 Å². The number of benzene rings is 2. The van der Waals surface area contributed by atoms with Gasteiger partial charge >= 0.3 is 0 Å². The Kier molecular flexibility index (Phi) is 5.43. The van der Waals surface area contributed by atoms with E-state index in [2.05, 4.69) is 25.5 Å². The summed E-state index contributed by atoms with van der Waals surface area (Å²) in [5.41, 5.74) is 2.03. The largest absolute Gasteiger partial charge is 0.495 e. The molecule has 0 bridgehead atoms. The van der Waals surface area contributed by atoms with Gasteiger partial charge in [-0.3, -0.25) is 15.1 Å². The maximum Gasteiger partial charge on any atom is 0.260 e. The molecule has 30 heavy (non-hydrogen) atoms. The lowest BCUT2D eigenvalue weighted by Crippen LogP contribution is -2.14. The molecule has 4 rings (SSSR count). The summed E-state index contributed by atoms with van der Waals surface area (Å²) in [6, 6.07) is 8.62. The van der Waals surface area contributed by atoms with E-state index in [0.29, 0.717) is 49.1 Å². The maximum absolute atomic E-state index is 12.8. The van der Waals surface area contributed by atoms with Crippen LogP contribution in [0.25, 0.3) is 22.0 Å². The summed E-state index contributed by atoms with van der Waals surface area (Å²) < 4.78 is 10.7. The number of fused-ring (bicyclic) bond motifs is 1. The van der Waals surface area contributed by atoms with Crippen molar-refractivity contribution in [1.82, 2.24) is 20.2 Å². The monoisotopic (exact) mass is 443 g/mol. The van der Waals surface area contributed by atoms with Gasteiger partial charge in [0.25, 0.3) is 5.91 Å². The van der Waals surface area contributed by atoms with E-state index >= 15 is 0 Å². The first kappa shape index (κ1) is 19.9. The molecule has 2 aromatic carbocycles. The second kappa shape index (κ2) is 8.17. The fraction of sp³-hybridized carbons (Fsp3) is 0.100. The molecule has 2 heterocycles. The van der Waals surface area contributed by atoms with E-state index in [4.69, 9.17) is 32.7 Å². The zero-order valence-corrected chi connectivity index (χ0v) is 17.4. The molecule has 0 fully saturated rings. The molecule has 152 valence electrons. The van der Waals surface area contributed by atoms with E-state index in [9.17, 15) is 4.79 Å². The molecule has 0 radical (unpaired) electrons. The van der Waals surface area contributed by atoms with Gasteiger partial charge in [-0.1, -0.05) is 35.3 Å². The first-order chi connectivity index (χ1) is 14.5. The average molecular weight is 444 g/mol. The van der Waals surface area contributed by atoms with Crippen molar-refractivity contribution < 1.29 is 14.3 Å². The van der Waals surface area contributed by atoms with Crippen molar-refractivity contribution in [3.05, 3.63) is 58.5 Å². The summed E-state index contributed by atoms with van der Waals surface area (Å²) in [7, 11) is 3.02. The SMILES string of the molecule is COc1cc(OC)c(Cl)c(-c2ccc(C(=O)Nc3ncn[nH]3)c3ncccc23)c1Cl. The Morgan fingerprint density at radius 3 is 2.43 bits per heavy atom. The van der Waals surface area contributed by atoms with Crippen molar-refractivity contribution in [2.24, 2.45) is 0 Å². The van der Waals surface area contributed by atoms with E-state index in [-0.39, 0.29) is 11.9 Å². The topological polar surface area (TPSA) is 102 Å². The zero-order chi connectivity index (χ0) is 21.3. The number of hydrogen-bond acceptors (Lipinski definition) is 6. The molecule has 0 unspecified atom stereocenters. The summed E-state index contributed by atoms with van der Waals surface area (Å²) in [5, 5.41) is 10.3. The third-order valence-electron chi connectivity index (χ3n) is 4.50. The molecule has 2 N–H and O–H groups in total. The first-order valence-corrected chi connectivity index (χ1v) is 9.45. The third-order valence-corrected chi connectivity index (χ3v) is 5.25. The lowest BCUT2D eigenvalue weighted by molar-refractivity contribution is 0.102. The van der Waals surface area contributed by atoms with Crippen LogP contribution in [-0.2, 0) is 0 Å². The average Bonchev–Trinajstić information content (AvgIpc) is 3.27. The van der Waals surface area contributed by atoms with Gasteiger partial charge in [0, 0.05) is 23.2 Å². The van der Waals surface area contributed by atoms with Gasteiger partial charge in [0.05, 0.1) is 35.3 Å². The molecule has 0 atom stereocenters. The van der Waals surface area contributed by atoms with Crippen LogP contribution < -0.4 is 14.8 Å². The second-order valence-electron chi connectivity index (χ2n) is 6.13. The number of pyridine rings is 1. The fourth-order valence-electron chi connectivity index (χ4n) is 3.14. The number of H-pyrrole nitrogens is 1. The number of rotatable bonds is 5. The predicted molar refractivity (Wildman–Crippen MR) is 115 cm³/mol. The minimum absolute atomic E-state index is 0.233. The minimum atomic E-state index is -0.387. The zero-order valence-electron chi connectivity index (χ0n) is 15.9. The molecule has 0 saturated heterocycles. The molecular weight excluding hydrogens is 429 g/mol. The highest BCUT2D eigenvalue weighted by Gasteiger charge is 2.22. The normalized spacial score (nSPS) is 10.8. The lowest BCUT2D eigenvalue weighted by atomic mass is 9.97. The van der Waals surface area contributed by atoms with Gasteiger partial charge in [-0.25, -0.2) is 5.10 Å². The van der Waals surface area contributed by atoms with E-state index in [0.717, 1.165) is 0 Å². The van der Waals surface area contributed by atoms with Gasteiger partial charge in [0.1, 0.15) is 17.8 Å². The summed E-state index contributed by atoms with van der Waals surface area (Å²) in [6.07, 6.45) is 2.90. The number of carbonyl (C=O) groups is 1. The van der Waals surface area contributed by atoms with Crippen LogP contribution in [0.5, 0.6) is 11.5 Å². The van der Waals surface area contributed by atoms with Crippen molar-refractivity contribution in [2.75, 3.05) is 19.5 Å². The van der Waals surface area contributed by atoms with E-state index in [1.54, 1.807) is 30.5 Å². The van der Waals surface area contributed by atoms with Gasteiger partial charge in [0.2, 0.25) is 5.95 Å². The molecule has 0 saturated carbocycles. The van der Waals surface area contributed by atoms with Gasteiger partial charge in [-0.15, -0.1) is 0 Å². The molecule has 10 heteroatoms. The Labute approximate surface area is 181 Å². The number of nitrogens with one attached hydrogen (secondary N) is 2. The number of anilines is 1. The van der Waals surface area contributed by atoms with Crippen molar-refractivity contribution in [3.63, 3.8) is 0 Å². The number of aromatic nitrogens is 4. The smallest absolute Gasteiger partial charge is 0.260 e. The van der Waals surface area contributed by atoms with E-state index in [1.165, 1.54) is 20.5 Å². The highest BCUT2D eigenvalue weighted by atomic mass is 35.5. The van der Waals surface area contributed by atoms with Gasteiger partial charge in [-0.05, 0) is 17.7 Å². The summed E-state index contributed by atoms with van der Waals surface area (Å²) in [6.45, 7) is 0. The number of carbonyl (C=O) groups excluding carboxylic acids is 1. The van der Waals surface area contributed by atoms with Crippen molar-refractivity contribution >= 4 is 46.0 Å². The van der Waals surface area contributed by atoms with Crippen LogP contribution >= 0.6 is 23.2 Å². The Morgan fingerprint density at radius 1 is 1.07 bits per heavy atom.